The highest BCUT2D eigenvalue weighted by Gasteiger charge is 2.23. The second kappa shape index (κ2) is 14.0. The molecule has 1 heterocycles. The van der Waals surface area contributed by atoms with Crippen molar-refractivity contribution >= 4 is 40.0 Å². The number of rotatable bonds is 11. The second-order valence-corrected chi connectivity index (χ2v) is 11.8. The predicted molar refractivity (Wildman–Crippen MR) is 180 cm³/mol. The zero-order valence-electron chi connectivity index (χ0n) is 24.4. The van der Waals surface area contributed by atoms with Gasteiger partial charge < -0.3 is 14.6 Å². The van der Waals surface area contributed by atoms with Gasteiger partial charge in [0.2, 0.25) is 5.91 Å². The van der Waals surface area contributed by atoms with Gasteiger partial charge in [0.25, 0.3) is 0 Å². The van der Waals surface area contributed by atoms with Gasteiger partial charge in [0.15, 0.2) is 0 Å². The van der Waals surface area contributed by atoms with Crippen molar-refractivity contribution in [2.24, 2.45) is 0 Å². The number of aromatic nitrogens is 1. The quantitative estimate of drug-likeness (QED) is 0.154. The molecule has 5 aromatic carbocycles. The third-order valence-electron chi connectivity index (χ3n) is 7.82. The first kappa shape index (κ1) is 30.4. The maximum absolute atomic E-state index is 13.6. The minimum atomic E-state index is -0.265. The molecule has 7 heteroatoms. The van der Waals surface area contributed by atoms with Crippen molar-refractivity contribution < 1.29 is 13.9 Å². The number of amides is 1. The number of halogens is 3. The normalized spacial score (nSPS) is 11.8. The first-order valence-corrected chi connectivity index (χ1v) is 15.5. The van der Waals surface area contributed by atoms with Crippen LogP contribution in [0.5, 0.6) is 11.5 Å². The molecule has 0 aliphatic heterocycles. The Morgan fingerprint density at radius 3 is 2.38 bits per heavy atom. The van der Waals surface area contributed by atoms with Gasteiger partial charge in [-0.3, -0.25) is 4.79 Å². The number of ether oxygens (including phenoxy) is 1. The molecule has 226 valence electrons. The molecule has 0 aliphatic rings. The van der Waals surface area contributed by atoms with Crippen LogP contribution in [0.15, 0.2) is 128 Å². The summed E-state index contributed by atoms with van der Waals surface area (Å²) in [6.45, 7) is 1.01. The summed E-state index contributed by atoms with van der Waals surface area (Å²) in [5.74, 6) is 0.828. The summed E-state index contributed by atoms with van der Waals surface area (Å²) in [5, 5.41) is 5.31. The second-order valence-electron chi connectivity index (χ2n) is 10.9. The van der Waals surface area contributed by atoms with E-state index in [0.717, 1.165) is 38.9 Å². The van der Waals surface area contributed by atoms with E-state index < -0.39 is 0 Å². The van der Waals surface area contributed by atoms with Gasteiger partial charge in [0.05, 0.1) is 0 Å². The zero-order valence-corrected chi connectivity index (χ0v) is 25.9. The maximum Gasteiger partial charge on any atom is 0.220 e. The first-order valence-electron chi connectivity index (χ1n) is 14.8. The van der Waals surface area contributed by atoms with Crippen molar-refractivity contribution in [2.75, 3.05) is 6.54 Å². The van der Waals surface area contributed by atoms with Gasteiger partial charge in [0.1, 0.15) is 17.3 Å². The van der Waals surface area contributed by atoms with E-state index in [4.69, 9.17) is 27.9 Å². The van der Waals surface area contributed by atoms with Crippen LogP contribution in [0.4, 0.5) is 4.39 Å². The number of para-hydroxylation sites is 2. The molecule has 0 saturated carbocycles. The molecule has 1 N–H and O–H groups in total. The monoisotopic (exact) mass is 636 g/mol. The Balaban J connectivity index is 1.31. The highest BCUT2D eigenvalue weighted by molar-refractivity contribution is 6.35. The fraction of sp³-hybridized carbons (Fsp3) is 0.132. The third-order valence-corrected chi connectivity index (χ3v) is 8.41. The Bertz CT molecular complexity index is 1920. The van der Waals surface area contributed by atoms with Crippen LogP contribution >= 0.6 is 23.2 Å². The van der Waals surface area contributed by atoms with Gasteiger partial charge in [-0.25, -0.2) is 4.39 Å². The van der Waals surface area contributed by atoms with Gasteiger partial charge in [-0.1, -0.05) is 89.9 Å². The molecule has 0 saturated heterocycles. The Kier molecular flexibility index (Phi) is 9.49. The number of hydrogen-bond donors (Lipinski definition) is 1. The Hall–Kier alpha value is -4.58. The Morgan fingerprint density at radius 1 is 0.822 bits per heavy atom. The van der Waals surface area contributed by atoms with E-state index >= 15 is 0 Å². The van der Waals surface area contributed by atoms with Crippen molar-refractivity contribution in [3.63, 3.8) is 0 Å². The van der Waals surface area contributed by atoms with Gasteiger partial charge in [0, 0.05) is 52.6 Å². The summed E-state index contributed by atoms with van der Waals surface area (Å²) in [7, 11) is 0. The lowest BCUT2D eigenvalue weighted by atomic mass is 9.88. The van der Waals surface area contributed by atoms with Crippen LogP contribution in [-0.4, -0.2) is 17.0 Å². The minimum Gasteiger partial charge on any atom is -0.457 e. The molecule has 0 spiro atoms. The van der Waals surface area contributed by atoms with E-state index in [1.54, 1.807) is 24.3 Å². The summed E-state index contributed by atoms with van der Waals surface area (Å²) in [4.78, 5) is 13.5. The number of nitrogens with zero attached hydrogens (tertiary/aromatic N) is 1. The van der Waals surface area contributed by atoms with Crippen molar-refractivity contribution in [1.29, 1.82) is 0 Å². The van der Waals surface area contributed by atoms with Gasteiger partial charge in [-0.2, -0.15) is 0 Å². The van der Waals surface area contributed by atoms with E-state index in [9.17, 15) is 9.18 Å². The molecule has 0 aliphatic carbocycles. The molecule has 1 aromatic heterocycles. The lowest BCUT2D eigenvalue weighted by Crippen LogP contribution is -2.27. The number of hydrogen-bond acceptors (Lipinski definition) is 2. The first-order chi connectivity index (χ1) is 21.9. The van der Waals surface area contributed by atoms with Crippen molar-refractivity contribution in [3.05, 3.63) is 166 Å². The number of nitrogens with one attached hydrogen (secondary N) is 1. The molecule has 1 amide bonds. The molecule has 0 bridgehead atoms. The van der Waals surface area contributed by atoms with E-state index in [1.807, 2.05) is 72.8 Å². The summed E-state index contributed by atoms with van der Waals surface area (Å²) >= 11 is 12.4. The highest BCUT2D eigenvalue weighted by Crippen LogP contribution is 2.37. The van der Waals surface area contributed by atoms with Crippen LogP contribution in [0.3, 0.4) is 0 Å². The fourth-order valence-electron chi connectivity index (χ4n) is 5.62. The van der Waals surface area contributed by atoms with Crippen LogP contribution in [0.25, 0.3) is 10.9 Å². The number of benzene rings is 5. The van der Waals surface area contributed by atoms with Crippen molar-refractivity contribution in [1.82, 2.24) is 9.88 Å². The molecule has 4 nitrogen and oxygen atoms in total. The van der Waals surface area contributed by atoms with Gasteiger partial charge >= 0.3 is 0 Å². The standard InChI is InChI=1S/C38H31Cl2FN2O2/c39-29-16-15-27(36(40)22-29)19-20-42-38(44)23-34(28-7-6-10-32(21-28)45-31-8-2-1-3-9-31)35-25-43(37-12-5-4-11-33(35)37)24-26-13-17-30(41)18-14-26/h1-18,21-22,25,34H,19-20,23-24H2,(H,42,44). The molecule has 0 fully saturated rings. The molecular weight excluding hydrogens is 606 g/mol. The predicted octanol–water partition coefficient (Wildman–Crippen LogP) is 9.81. The third kappa shape index (κ3) is 7.56. The fourth-order valence-corrected chi connectivity index (χ4v) is 6.12. The number of carbonyl (C=O) groups is 1. The minimum absolute atomic E-state index is 0.0742. The topological polar surface area (TPSA) is 43.3 Å². The van der Waals surface area contributed by atoms with Crippen LogP contribution in [-0.2, 0) is 17.8 Å². The summed E-state index contributed by atoms with van der Waals surface area (Å²) in [6, 6.07) is 37.7. The lowest BCUT2D eigenvalue weighted by Gasteiger charge is -2.18. The van der Waals surface area contributed by atoms with E-state index in [1.165, 1.54) is 12.1 Å². The molecule has 1 atom stereocenters. The number of carbonyl (C=O) groups excluding carboxylic acids is 1. The van der Waals surface area contributed by atoms with Crippen LogP contribution in [0.2, 0.25) is 10.0 Å². The molecule has 1 unspecified atom stereocenters. The van der Waals surface area contributed by atoms with Crippen LogP contribution in [0, 0.1) is 5.82 Å². The maximum atomic E-state index is 13.6. The van der Waals surface area contributed by atoms with Crippen LogP contribution < -0.4 is 10.1 Å². The molecule has 6 aromatic rings. The molecule has 45 heavy (non-hydrogen) atoms. The molecular formula is C38H31Cl2FN2O2. The molecule has 6 rings (SSSR count). The summed E-state index contributed by atoms with van der Waals surface area (Å²) in [6.07, 6.45) is 2.93. The zero-order chi connectivity index (χ0) is 31.2. The Labute approximate surface area is 272 Å². The van der Waals surface area contributed by atoms with E-state index in [2.05, 4.69) is 28.2 Å². The highest BCUT2D eigenvalue weighted by atomic mass is 35.5. The number of fused-ring (bicyclic) bond motifs is 1. The van der Waals surface area contributed by atoms with Gasteiger partial charge in [-0.05, 0) is 83.3 Å². The van der Waals surface area contributed by atoms with E-state index in [-0.39, 0.29) is 24.1 Å². The van der Waals surface area contributed by atoms with Gasteiger partial charge in [-0.15, -0.1) is 0 Å². The molecule has 0 radical (unpaired) electrons. The summed E-state index contributed by atoms with van der Waals surface area (Å²) < 4.78 is 22.0. The van der Waals surface area contributed by atoms with Crippen molar-refractivity contribution in [2.45, 2.75) is 25.3 Å². The average Bonchev–Trinajstić information content (AvgIpc) is 3.40. The summed E-state index contributed by atoms with van der Waals surface area (Å²) in [5.41, 5.74) is 4.94. The Morgan fingerprint density at radius 2 is 1.58 bits per heavy atom. The largest absolute Gasteiger partial charge is 0.457 e. The van der Waals surface area contributed by atoms with E-state index in [0.29, 0.717) is 35.3 Å². The SMILES string of the molecule is O=C(CC(c1cccc(Oc2ccccc2)c1)c1cn(Cc2ccc(F)cc2)c2ccccc12)NCCc1ccc(Cl)cc1Cl. The average molecular weight is 638 g/mol. The smallest absolute Gasteiger partial charge is 0.220 e. The van der Waals surface area contributed by atoms with Crippen molar-refractivity contribution in [3.8, 4) is 11.5 Å². The van der Waals surface area contributed by atoms with Crippen LogP contribution in [0.1, 0.15) is 34.6 Å². The lowest BCUT2D eigenvalue weighted by molar-refractivity contribution is -0.121.